The number of amides is 1. The number of nitrogens with one attached hydrogen (secondary N) is 2. The van der Waals surface area contributed by atoms with Gasteiger partial charge in [-0.1, -0.05) is 12.8 Å². The van der Waals surface area contributed by atoms with Gasteiger partial charge in [-0.05, 0) is 51.7 Å². The maximum Gasteiger partial charge on any atom is 0.407 e. The van der Waals surface area contributed by atoms with Gasteiger partial charge in [0.2, 0.25) is 6.79 Å². The first kappa shape index (κ1) is 17.7. The normalized spacial score (nSPS) is 22.4. The maximum atomic E-state index is 11.9. The van der Waals surface area contributed by atoms with Crippen LogP contribution in [0.15, 0.2) is 18.2 Å². The molecular formula is C19H28N2O4. The molecule has 138 valence electrons. The Morgan fingerprint density at radius 1 is 1.20 bits per heavy atom. The highest BCUT2D eigenvalue weighted by Gasteiger charge is 2.27. The van der Waals surface area contributed by atoms with Crippen LogP contribution in [0.1, 0.15) is 46.5 Å². The van der Waals surface area contributed by atoms with Gasteiger partial charge in [-0.2, -0.15) is 0 Å². The monoisotopic (exact) mass is 348 g/mol. The summed E-state index contributed by atoms with van der Waals surface area (Å²) in [5.74, 6) is 1.95. The second-order valence-corrected chi connectivity index (χ2v) is 7.75. The van der Waals surface area contributed by atoms with Gasteiger partial charge in [-0.25, -0.2) is 4.79 Å². The minimum Gasteiger partial charge on any atom is -0.454 e. The van der Waals surface area contributed by atoms with Crippen molar-refractivity contribution in [2.45, 2.75) is 58.1 Å². The molecule has 6 nitrogen and oxygen atoms in total. The second-order valence-electron chi connectivity index (χ2n) is 7.75. The highest BCUT2D eigenvalue weighted by Crippen LogP contribution is 2.35. The smallest absolute Gasteiger partial charge is 0.407 e. The molecule has 1 aromatic rings. The van der Waals surface area contributed by atoms with Crippen LogP contribution < -0.4 is 20.1 Å². The SMILES string of the molecule is CC(C)(C)OC(=O)NCC1CCCCC1Nc1ccc2c(c1)OCO2. The molecule has 0 bridgehead atoms. The van der Waals surface area contributed by atoms with E-state index in [0.29, 0.717) is 18.5 Å². The van der Waals surface area contributed by atoms with Crippen LogP contribution in [0.4, 0.5) is 10.5 Å². The molecule has 2 unspecified atom stereocenters. The number of fused-ring (bicyclic) bond motifs is 1. The van der Waals surface area contributed by atoms with Gasteiger partial charge < -0.3 is 24.8 Å². The standard InChI is InChI=1S/C19H28N2O4/c1-19(2,3)25-18(22)20-11-13-6-4-5-7-15(13)21-14-8-9-16-17(10-14)24-12-23-16/h8-10,13,15,21H,4-7,11-12H2,1-3H3,(H,20,22). The van der Waals surface area contributed by atoms with Gasteiger partial charge in [-0.15, -0.1) is 0 Å². The van der Waals surface area contributed by atoms with E-state index in [1.165, 1.54) is 12.8 Å². The summed E-state index contributed by atoms with van der Waals surface area (Å²) in [6.45, 7) is 6.52. The van der Waals surface area contributed by atoms with Crippen molar-refractivity contribution < 1.29 is 19.0 Å². The third kappa shape index (κ3) is 4.94. The highest BCUT2D eigenvalue weighted by atomic mass is 16.7. The predicted octanol–water partition coefficient (Wildman–Crippen LogP) is 3.91. The van der Waals surface area contributed by atoms with E-state index in [-0.39, 0.29) is 12.9 Å². The summed E-state index contributed by atoms with van der Waals surface area (Å²) in [4.78, 5) is 11.9. The maximum absolute atomic E-state index is 11.9. The summed E-state index contributed by atoms with van der Waals surface area (Å²) >= 11 is 0. The fraction of sp³-hybridized carbons (Fsp3) is 0.632. The third-order valence-electron chi connectivity index (χ3n) is 4.54. The van der Waals surface area contributed by atoms with E-state index in [4.69, 9.17) is 14.2 Å². The molecule has 6 heteroatoms. The van der Waals surface area contributed by atoms with E-state index >= 15 is 0 Å². The lowest BCUT2D eigenvalue weighted by atomic mass is 9.84. The quantitative estimate of drug-likeness (QED) is 0.863. The number of hydrogen-bond acceptors (Lipinski definition) is 5. The fourth-order valence-corrected chi connectivity index (χ4v) is 3.37. The molecule has 1 heterocycles. The minimum atomic E-state index is -0.471. The average Bonchev–Trinajstić information content (AvgIpc) is 3.00. The number of rotatable bonds is 4. The predicted molar refractivity (Wildman–Crippen MR) is 96.2 cm³/mol. The van der Waals surface area contributed by atoms with Crippen molar-refractivity contribution in [1.29, 1.82) is 0 Å². The molecule has 0 saturated heterocycles. The lowest BCUT2D eigenvalue weighted by Gasteiger charge is -2.33. The number of alkyl carbamates (subject to hydrolysis) is 1. The van der Waals surface area contributed by atoms with Crippen molar-refractivity contribution in [3.8, 4) is 11.5 Å². The van der Waals surface area contributed by atoms with E-state index in [2.05, 4.69) is 10.6 Å². The summed E-state index contributed by atoms with van der Waals surface area (Å²) in [5.41, 5.74) is 0.555. The van der Waals surface area contributed by atoms with Crippen molar-refractivity contribution in [1.82, 2.24) is 5.32 Å². The number of ether oxygens (including phenoxy) is 3. The Morgan fingerprint density at radius 3 is 2.76 bits per heavy atom. The Bertz CT molecular complexity index is 612. The van der Waals surface area contributed by atoms with Gasteiger partial charge in [0.15, 0.2) is 11.5 Å². The Kier molecular flexibility index (Phi) is 5.25. The van der Waals surface area contributed by atoms with Gasteiger partial charge in [-0.3, -0.25) is 0 Å². The minimum absolute atomic E-state index is 0.282. The zero-order chi connectivity index (χ0) is 17.9. The molecule has 2 aliphatic rings. The van der Waals surface area contributed by atoms with Crippen molar-refractivity contribution in [2.75, 3.05) is 18.7 Å². The van der Waals surface area contributed by atoms with Gasteiger partial charge >= 0.3 is 6.09 Å². The summed E-state index contributed by atoms with van der Waals surface area (Å²) in [5, 5.41) is 6.53. The number of hydrogen-bond donors (Lipinski definition) is 2. The molecule has 2 N–H and O–H groups in total. The van der Waals surface area contributed by atoms with E-state index in [9.17, 15) is 4.79 Å². The molecular weight excluding hydrogens is 320 g/mol. The molecule has 1 amide bonds. The first-order chi connectivity index (χ1) is 11.9. The van der Waals surface area contributed by atoms with Crippen molar-refractivity contribution >= 4 is 11.8 Å². The van der Waals surface area contributed by atoms with Crippen molar-refractivity contribution in [3.63, 3.8) is 0 Å². The molecule has 3 rings (SSSR count). The summed E-state index contributed by atoms with van der Waals surface area (Å²) in [7, 11) is 0. The molecule has 0 radical (unpaired) electrons. The highest BCUT2D eigenvalue weighted by molar-refractivity contribution is 5.67. The molecule has 0 aromatic heterocycles. The van der Waals surface area contributed by atoms with Crippen LogP contribution in [-0.4, -0.2) is 31.1 Å². The summed E-state index contributed by atoms with van der Waals surface area (Å²) in [6, 6.07) is 6.25. The van der Waals surface area contributed by atoms with Crippen molar-refractivity contribution in [2.24, 2.45) is 5.92 Å². The molecule has 1 aliphatic carbocycles. The second kappa shape index (κ2) is 7.42. The van der Waals surface area contributed by atoms with Crippen LogP contribution >= 0.6 is 0 Å². The molecule has 1 fully saturated rings. The van der Waals surface area contributed by atoms with E-state index < -0.39 is 5.60 Å². The Hall–Kier alpha value is -2.11. The Balaban J connectivity index is 1.56. The van der Waals surface area contributed by atoms with E-state index in [1.54, 1.807) is 0 Å². The summed E-state index contributed by atoms with van der Waals surface area (Å²) < 4.78 is 16.1. The number of anilines is 1. The van der Waals surface area contributed by atoms with Crippen LogP contribution in [0.2, 0.25) is 0 Å². The van der Waals surface area contributed by atoms with E-state index in [0.717, 1.165) is 30.0 Å². The zero-order valence-electron chi connectivity index (χ0n) is 15.3. The Morgan fingerprint density at radius 2 is 1.96 bits per heavy atom. The molecule has 0 spiro atoms. The molecule has 1 saturated carbocycles. The van der Waals surface area contributed by atoms with Crippen LogP contribution in [0.25, 0.3) is 0 Å². The molecule has 2 atom stereocenters. The summed E-state index contributed by atoms with van der Waals surface area (Å²) in [6.07, 6.45) is 4.23. The largest absolute Gasteiger partial charge is 0.454 e. The van der Waals surface area contributed by atoms with Crippen LogP contribution in [-0.2, 0) is 4.74 Å². The average molecular weight is 348 g/mol. The molecule has 1 aromatic carbocycles. The number of benzene rings is 1. The number of carbonyl (C=O) groups is 1. The Labute approximate surface area is 149 Å². The molecule has 25 heavy (non-hydrogen) atoms. The topological polar surface area (TPSA) is 68.8 Å². The lowest BCUT2D eigenvalue weighted by Crippen LogP contribution is -2.42. The number of carbonyl (C=O) groups excluding carboxylic acids is 1. The van der Waals surface area contributed by atoms with Gasteiger partial charge in [0.05, 0.1) is 0 Å². The van der Waals surface area contributed by atoms with Gasteiger partial charge in [0.1, 0.15) is 5.60 Å². The van der Waals surface area contributed by atoms with E-state index in [1.807, 2.05) is 39.0 Å². The molecule has 1 aliphatic heterocycles. The van der Waals surface area contributed by atoms with Gasteiger partial charge in [0, 0.05) is 24.3 Å². The first-order valence-electron chi connectivity index (χ1n) is 9.04. The van der Waals surface area contributed by atoms with Crippen LogP contribution in [0, 0.1) is 5.92 Å². The third-order valence-corrected chi connectivity index (χ3v) is 4.54. The first-order valence-corrected chi connectivity index (χ1v) is 9.04. The fourth-order valence-electron chi connectivity index (χ4n) is 3.37. The van der Waals surface area contributed by atoms with Gasteiger partial charge in [0.25, 0.3) is 0 Å². The van der Waals surface area contributed by atoms with Crippen LogP contribution in [0.3, 0.4) is 0 Å². The lowest BCUT2D eigenvalue weighted by molar-refractivity contribution is 0.0514. The zero-order valence-corrected chi connectivity index (χ0v) is 15.3. The van der Waals surface area contributed by atoms with Crippen LogP contribution in [0.5, 0.6) is 11.5 Å². The van der Waals surface area contributed by atoms with Crippen molar-refractivity contribution in [3.05, 3.63) is 18.2 Å².